The van der Waals surface area contributed by atoms with Gasteiger partial charge in [0.05, 0.1) is 35.3 Å². The minimum atomic E-state index is -0.549. The lowest BCUT2D eigenvalue weighted by Gasteiger charge is -2.30. The van der Waals surface area contributed by atoms with Crippen molar-refractivity contribution in [2.75, 3.05) is 32.5 Å². The molecule has 39 heavy (non-hydrogen) atoms. The van der Waals surface area contributed by atoms with E-state index < -0.39 is 5.60 Å². The number of rotatable bonds is 6. The van der Waals surface area contributed by atoms with E-state index in [1.54, 1.807) is 20.9 Å². The van der Waals surface area contributed by atoms with Gasteiger partial charge in [-0.1, -0.05) is 6.08 Å². The molecule has 5 heterocycles. The molecular weight excluding hydrogens is 512 g/mol. The van der Waals surface area contributed by atoms with Gasteiger partial charge in [0.2, 0.25) is 0 Å². The molecule has 0 saturated carbocycles. The van der Waals surface area contributed by atoms with Gasteiger partial charge in [-0.2, -0.15) is 5.10 Å². The SMILES string of the molecule is Cc1cc(Nc2nc(C3=CCCN(C(=O)OC(C)(C)C)C3)cn3c(-c4cnn(C)c4)cnc23)sc1CN(C)C. The number of thiophene rings is 1. The zero-order valence-electron chi connectivity index (χ0n) is 23.6. The normalized spacial score (nSPS) is 14.3. The molecule has 4 aromatic heterocycles. The topological polar surface area (TPSA) is 92.8 Å². The van der Waals surface area contributed by atoms with E-state index in [1.165, 1.54) is 10.4 Å². The third kappa shape index (κ3) is 5.99. The summed E-state index contributed by atoms with van der Waals surface area (Å²) in [5.74, 6) is 0.663. The summed E-state index contributed by atoms with van der Waals surface area (Å²) in [7, 11) is 6.04. The van der Waals surface area contributed by atoms with Gasteiger partial charge in [0.1, 0.15) is 5.60 Å². The molecule has 4 aromatic rings. The van der Waals surface area contributed by atoms with Crippen molar-refractivity contribution < 1.29 is 9.53 Å². The van der Waals surface area contributed by atoms with Gasteiger partial charge < -0.3 is 19.9 Å². The molecule has 1 amide bonds. The molecule has 0 radical (unpaired) electrons. The molecule has 0 aromatic carbocycles. The summed E-state index contributed by atoms with van der Waals surface area (Å²) < 4.78 is 9.47. The summed E-state index contributed by atoms with van der Waals surface area (Å²) in [6.45, 7) is 9.70. The van der Waals surface area contributed by atoms with Crippen LogP contribution in [0.2, 0.25) is 0 Å². The predicted octanol–water partition coefficient (Wildman–Crippen LogP) is 5.33. The van der Waals surface area contributed by atoms with Crippen LogP contribution in [0, 0.1) is 6.92 Å². The number of amides is 1. The number of nitrogens with zero attached hydrogens (tertiary/aromatic N) is 7. The van der Waals surface area contributed by atoms with Crippen molar-refractivity contribution in [3.05, 3.63) is 53.1 Å². The Kier molecular flexibility index (Phi) is 7.21. The van der Waals surface area contributed by atoms with Crippen molar-refractivity contribution in [1.29, 1.82) is 0 Å². The first-order valence-corrected chi connectivity index (χ1v) is 13.8. The number of anilines is 2. The molecule has 1 aliphatic rings. The van der Waals surface area contributed by atoms with Crippen LogP contribution in [0.1, 0.15) is 43.3 Å². The highest BCUT2D eigenvalue weighted by Gasteiger charge is 2.26. The van der Waals surface area contributed by atoms with E-state index in [4.69, 9.17) is 14.7 Å². The molecule has 0 spiro atoms. The second-order valence-electron chi connectivity index (χ2n) is 11.2. The molecule has 1 N–H and O–H groups in total. The van der Waals surface area contributed by atoms with E-state index in [1.807, 2.05) is 52.6 Å². The van der Waals surface area contributed by atoms with E-state index in [0.29, 0.717) is 18.9 Å². The molecule has 1 aliphatic heterocycles. The van der Waals surface area contributed by atoms with Crippen molar-refractivity contribution in [2.45, 2.75) is 46.3 Å². The van der Waals surface area contributed by atoms with Gasteiger partial charge >= 0.3 is 6.09 Å². The zero-order chi connectivity index (χ0) is 27.9. The third-order valence-corrected chi connectivity index (χ3v) is 7.48. The summed E-state index contributed by atoms with van der Waals surface area (Å²) in [5, 5.41) is 8.91. The number of fused-ring (bicyclic) bond motifs is 1. The Morgan fingerprint density at radius 2 is 2.03 bits per heavy atom. The van der Waals surface area contributed by atoms with Crippen LogP contribution >= 0.6 is 11.3 Å². The highest BCUT2D eigenvalue weighted by Crippen LogP contribution is 2.33. The molecule has 5 rings (SSSR count). The van der Waals surface area contributed by atoms with Crippen LogP contribution in [0.15, 0.2) is 36.9 Å². The minimum Gasteiger partial charge on any atom is -0.444 e. The van der Waals surface area contributed by atoms with E-state index in [0.717, 1.165) is 46.1 Å². The fourth-order valence-corrected chi connectivity index (χ4v) is 5.74. The van der Waals surface area contributed by atoms with Gasteiger partial charge in [-0.15, -0.1) is 11.3 Å². The van der Waals surface area contributed by atoms with Crippen LogP contribution in [-0.2, 0) is 18.3 Å². The van der Waals surface area contributed by atoms with Gasteiger partial charge in [0.15, 0.2) is 11.5 Å². The number of carbonyl (C=O) groups excluding carboxylic acids is 1. The molecule has 206 valence electrons. The smallest absolute Gasteiger partial charge is 0.410 e. The molecule has 0 aliphatic carbocycles. The summed E-state index contributed by atoms with van der Waals surface area (Å²) in [5.41, 5.74) is 5.04. The van der Waals surface area contributed by atoms with E-state index in [2.05, 4.69) is 52.9 Å². The first-order valence-electron chi connectivity index (χ1n) is 13.0. The quantitative estimate of drug-likeness (QED) is 0.348. The Morgan fingerprint density at radius 3 is 2.72 bits per heavy atom. The van der Waals surface area contributed by atoms with Crippen molar-refractivity contribution >= 4 is 39.5 Å². The van der Waals surface area contributed by atoms with Gasteiger partial charge in [-0.3, -0.25) is 9.08 Å². The predicted molar refractivity (Wildman–Crippen MR) is 155 cm³/mol. The molecule has 11 heteroatoms. The number of ether oxygens (including phenoxy) is 1. The van der Waals surface area contributed by atoms with Crippen molar-refractivity contribution in [3.63, 3.8) is 0 Å². The largest absolute Gasteiger partial charge is 0.444 e. The highest BCUT2D eigenvalue weighted by atomic mass is 32.1. The average molecular weight is 549 g/mol. The minimum absolute atomic E-state index is 0.311. The first kappa shape index (κ1) is 26.9. The van der Waals surface area contributed by atoms with Gasteiger partial charge in [-0.25, -0.2) is 14.8 Å². The molecule has 0 unspecified atom stereocenters. The summed E-state index contributed by atoms with van der Waals surface area (Å²) in [4.78, 5) is 27.8. The second kappa shape index (κ2) is 10.5. The third-order valence-electron chi connectivity index (χ3n) is 6.35. The van der Waals surface area contributed by atoms with Crippen LogP contribution in [0.25, 0.3) is 22.5 Å². The number of aryl methyl sites for hydroxylation is 2. The Balaban J connectivity index is 1.54. The van der Waals surface area contributed by atoms with Crippen LogP contribution in [0.5, 0.6) is 0 Å². The fourth-order valence-electron chi connectivity index (χ4n) is 4.55. The van der Waals surface area contributed by atoms with Crippen molar-refractivity contribution in [3.8, 4) is 11.3 Å². The highest BCUT2D eigenvalue weighted by molar-refractivity contribution is 7.16. The maximum Gasteiger partial charge on any atom is 0.410 e. The van der Waals surface area contributed by atoms with E-state index in [-0.39, 0.29) is 6.09 Å². The molecule has 10 nitrogen and oxygen atoms in total. The summed E-state index contributed by atoms with van der Waals surface area (Å²) >= 11 is 1.72. The standard InChI is InChI=1S/C28H36N8O2S/c1-18-11-24(39-23(18)17-33(5)6)32-25-26-29-13-22(20-12-30-34(7)14-20)36(26)16-21(31-25)19-9-8-10-35(15-19)27(37)38-28(2,3)4/h9,11-14,16H,8,10,15,17H2,1-7H3,(H,31,32). The molecule has 0 bridgehead atoms. The first-order chi connectivity index (χ1) is 18.5. The lowest BCUT2D eigenvalue weighted by atomic mass is 10.1. The Hall–Kier alpha value is -3.70. The Morgan fingerprint density at radius 1 is 1.23 bits per heavy atom. The van der Waals surface area contributed by atoms with Crippen LogP contribution in [0.4, 0.5) is 15.6 Å². The molecular formula is C28H36N8O2S. The summed E-state index contributed by atoms with van der Waals surface area (Å²) in [6.07, 6.45) is 10.2. The maximum absolute atomic E-state index is 12.8. The number of aromatic nitrogens is 5. The Bertz CT molecular complexity index is 1540. The van der Waals surface area contributed by atoms with Crippen LogP contribution in [0.3, 0.4) is 0 Å². The summed E-state index contributed by atoms with van der Waals surface area (Å²) in [6, 6.07) is 2.16. The van der Waals surface area contributed by atoms with Gasteiger partial charge in [0, 0.05) is 43.0 Å². The average Bonchev–Trinajstić information content (AvgIpc) is 3.56. The molecule has 0 atom stereocenters. The van der Waals surface area contributed by atoms with Crippen LogP contribution in [-0.4, -0.2) is 72.8 Å². The van der Waals surface area contributed by atoms with Crippen molar-refractivity contribution in [2.24, 2.45) is 7.05 Å². The van der Waals surface area contributed by atoms with Crippen LogP contribution < -0.4 is 5.32 Å². The van der Waals surface area contributed by atoms with Gasteiger partial charge in [-0.05, 0) is 65.4 Å². The van der Waals surface area contributed by atoms with Crippen molar-refractivity contribution in [1.82, 2.24) is 33.9 Å². The Labute approximate surface area is 232 Å². The fraction of sp³-hybridized carbons (Fsp3) is 0.429. The number of nitrogens with one attached hydrogen (secondary N) is 1. The monoisotopic (exact) mass is 548 g/mol. The van der Waals surface area contributed by atoms with Gasteiger partial charge in [0.25, 0.3) is 0 Å². The van der Waals surface area contributed by atoms with E-state index in [9.17, 15) is 4.79 Å². The second-order valence-corrected chi connectivity index (χ2v) is 12.4. The number of hydrogen-bond donors (Lipinski definition) is 1. The lowest BCUT2D eigenvalue weighted by Crippen LogP contribution is -2.39. The lowest BCUT2D eigenvalue weighted by molar-refractivity contribution is 0.0273. The maximum atomic E-state index is 12.8. The molecule has 0 saturated heterocycles. The number of imidazole rings is 1. The number of hydrogen-bond acceptors (Lipinski definition) is 8. The van der Waals surface area contributed by atoms with E-state index >= 15 is 0 Å². The zero-order valence-corrected chi connectivity index (χ0v) is 24.5. The molecule has 0 fully saturated rings. The number of carbonyl (C=O) groups is 1.